The minimum atomic E-state index is 0. The Morgan fingerprint density at radius 1 is 1.25 bits per heavy atom. The third-order valence-corrected chi connectivity index (χ3v) is 5.52. The molecule has 28 heavy (non-hydrogen) atoms. The quantitative estimate of drug-likeness (QED) is 0.764. The lowest BCUT2D eigenvalue weighted by atomic mass is 10.1. The molecule has 0 radical (unpaired) electrons. The minimum Gasteiger partial charge on any atom is -0.469 e. The van der Waals surface area contributed by atoms with Crippen LogP contribution in [0, 0.1) is 6.92 Å². The number of nitrogens with one attached hydrogen (secondary N) is 2. The van der Waals surface area contributed by atoms with Gasteiger partial charge < -0.3 is 15.1 Å². The van der Waals surface area contributed by atoms with Gasteiger partial charge in [-0.25, -0.2) is 9.97 Å². The highest BCUT2D eigenvalue weighted by Crippen LogP contribution is 2.23. The van der Waals surface area contributed by atoms with E-state index in [9.17, 15) is 0 Å². The van der Waals surface area contributed by atoms with Gasteiger partial charge in [-0.15, -0.1) is 24.8 Å². The zero-order valence-electron chi connectivity index (χ0n) is 16.4. The summed E-state index contributed by atoms with van der Waals surface area (Å²) in [7, 11) is 0. The maximum atomic E-state index is 5.42. The van der Waals surface area contributed by atoms with E-state index in [0.29, 0.717) is 6.04 Å². The lowest BCUT2D eigenvalue weighted by Crippen LogP contribution is -2.46. The molecule has 0 amide bonds. The molecule has 2 aliphatic heterocycles. The number of nitrogens with zero attached hydrogens (tertiary/aromatic N) is 3. The van der Waals surface area contributed by atoms with E-state index in [1.807, 2.05) is 19.1 Å². The molecule has 2 aromatic rings. The Morgan fingerprint density at radius 2 is 2.11 bits per heavy atom. The van der Waals surface area contributed by atoms with Crippen LogP contribution >= 0.6 is 24.8 Å². The zero-order valence-corrected chi connectivity index (χ0v) is 18.1. The van der Waals surface area contributed by atoms with Crippen molar-refractivity contribution in [2.75, 3.05) is 38.0 Å². The van der Waals surface area contributed by atoms with Crippen LogP contribution in [0.2, 0.25) is 0 Å². The number of aryl methyl sites for hydroxylation is 1. The van der Waals surface area contributed by atoms with Gasteiger partial charge >= 0.3 is 0 Å². The number of furan rings is 1. The summed E-state index contributed by atoms with van der Waals surface area (Å²) in [6, 6.07) is 4.62. The van der Waals surface area contributed by atoms with Crippen molar-refractivity contribution in [2.45, 2.75) is 45.1 Å². The van der Waals surface area contributed by atoms with Crippen molar-refractivity contribution in [1.29, 1.82) is 0 Å². The van der Waals surface area contributed by atoms with Crippen molar-refractivity contribution in [2.24, 2.45) is 0 Å². The monoisotopic (exact) mass is 427 g/mol. The van der Waals surface area contributed by atoms with Crippen molar-refractivity contribution in [3.63, 3.8) is 0 Å². The number of rotatable bonds is 5. The van der Waals surface area contributed by atoms with Crippen LogP contribution in [0.1, 0.15) is 35.7 Å². The summed E-state index contributed by atoms with van der Waals surface area (Å²) >= 11 is 0. The Morgan fingerprint density at radius 3 is 2.86 bits per heavy atom. The molecule has 2 aromatic heterocycles. The molecule has 0 aromatic carbocycles. The summed E-state index contributed by atoms with van der Waals surface area (Å²) in [5.41, 5.74) is 2.53. The van der Waals surface area contributed by atoms with Crippen LogP contribution in [-0.2, 0) is 19.3 Å². The molecule has 1 saturated heterocycles. The fourth-order valence-electron chi connectivity index (χ4n) is 4.16. The Hall–Kier alpha value is -1.34. The van der Waals surface area contributed by atoms with Crippen LogP contribution in [0.15, 0.2) is 22.8 Å². The average Bonchev–Trinajstić information content (AvgIpc) is 3.08. The zero-order chi connectivity index (χ0) is 17.8. The molecule has 0 aliphatic carbocycles. The van der Waals surface area contributed by atoms with E-state index in [-0.39, 0.29) is 24.8 Å². The van der Waals surface area contributed by atoms with Gasteiger partial charge in [-0.05, 0) is 44.9 Å². The van der Waals surface area contributed by atoms with Crippen LogP contribution in [0.4, 0.5) is 5.82 Å². The largest absolute Gasteiger partial charge is 0.469 e. The first kappa shape index (κ1) is 22.9. The number of hydrogen-bond donors (Lipinski definition) is 2. The van der Waals surface area contributed by atoms with Crippen LogP contribution in [0.5, 0.6) is 0 Å². The van der Waals surface area contributed by atoms with Gasteiger partial charge in [0, 0.05) is 50.6 Å². The summed E-state index contributed by atoms with van der Waals surface area (Å²) in [6.07, 6.45) is 7.22. The highest BCUT2D eigenvalue weighted by Gasteiger charge is 2.25. The highest BCUT2D eigenvalue weighted by atomic mass is 35.5. The van der Waals surface area contributed by atoms with Gasteiger partial charge in [0.25, 0.3) is 0 Å². The van der Waals surface area contributed by atoms with Crippen molar-refractivity contribution in [3.05, 3.63) is 41.2 Å². The minimum absolute atomic E-state index is 0. The first-order valence-electron chi connectivity index (χ1n) is 9.87. The summed E-state index contributed by atoms with van der Waals surface area (Å²) in [5.74, 6) is 2.88. The Labute approximate surface area is 179 Å². The second kappa shape index (κ2) is 11.0. The fraction of sp³-hybridized carbons (Fsp3) is 0.600. The predicted octanol–water partition coefficient (Wildman–Crippen LogP) is 3.03. The molecular weight excluding hydrogens is 397 g/mol. The molecule has 6 nitrogen and oxygen atoms in total. The summed E-state index contributed by atoms with van der Waals surface area (Å²) in [4.78, 5) is 12.1. The standard InChI is InChI=1S/C20H29N5O.2ClH/c1-15-23-19-8-12-25(16-4-2-9-21-14-16)11-7-18(19)20(24-15)22-10-6-17-5-3-13-26-17;;/h3,5,13,16,21H,2,4,6-12,14H2,1H3,(H,22,23,24);2*1H. The molecule has 1 atom stereocenters. The molecule has 0 spiro atoms. The fourth-order valence-corrected chi connectivity index (χ4v) is 4.16. The van der Waals surface area contributed by atoms with Gasteiger partial charge in [0.1, 0.15) is 17.4 Å². The number of hydrogen-bond acceptors (Lipinski definition) is 6. The highest BCUT2D eigenvalue weighted by molar-refractivity contribution is 5.85. The van der Waals surface area contributed by atoms with Gasteiger partial charge in [-0.2, -0.15) is 0 Å². The number of halogens is 2. The van der Waals surface area contributed by atoms with E-state index in [2.05, 4.69) is 15.5 Å². The second-order valence-corrected chi connectivity index (χ2v) is 7.34. The average molecular weight is 428 g/mol. The first-order valence-corrected chi connectivity index (χ1v) is 9.87. The molecule has 4 rings (SSSR count). The van der Waals surface area contributed by atoms with Gasteiger partial charge in [0.2, 0.25) is 0 Å². The third kappa shape index (κ3) is 5.60. The molecule has 1 fully saturated rings. The van der Waals surface area contributed by atoms with E-state index >= 15 is 0 Å². The van der Waals surface area contributed by atoms with Crippen molar-refractivity contribution >= 4 is 30.6 Å². The number of piperidine rings is 1. The maximum absolute atomic E-state index is 5.42. The van der Waals surface area contributed by atoms with E-state index in [1.54, 1.807) is 6.26 Å². The molecular formula is C20H31Cl2N5O. The van der Waals surface area contributed by atoms with Crippen molar-refractivity contribution < 1.29 is 4.42 Å². The lowest BCUT2D eigenvalue weighted by molar-refractivity contribution is 0.173. The van der Waals surface area contributed by atoms with Crippen LogP contribution in [0.25, 0.3) is 0 Å². The molecule has 1 unspecified atom stereocenters. The van der Waals surface area contributed by atoms with Crippen LogP contribution in [-0.4, -0.2) is 53.6 Å². The molecule has 2 aliphatic rings. The summed E-state index contributed by atoms with van der Waals surface area (Å²) < 4.78 is 5.42. The van der Waals surface area contributed by atoms with Gasteiger partial charge in [0.05, 0.1) is 12.0 Å². The Balaban J connectivity index is 0.00000140. The van der Waals surface area contributed by atoms with E-state index in [0.717, 1.165) is 62.8 Å². The number of aromatic nitrogens is 2. The van der Waals surface area contributed by atoms with Crippen molar-refractivity contribution in [1.82, 2.24) is 20.2 Å². The lowest BCUT2D eigenvalue weighted by Gasteiger charge is -2.33. The Kier molecular flexibility index (Phi) is 9.02. The third-order valence-electron chi connectivity index (χ3n) is 5.52. The van der Waals surface area contributed by atoms with E-state index < -0.39 is 0 Å². The maximum Gasteiger partial charge on any atom is 0.133 e. The van der Waals surface area contributed by atoms with Crippen LogP contribution in [0.3, 0.4) is 0 Å². The SMILES string of the molecule is Cc1nc2c(c(NCCc3ccco3)n1)CCN(C1CCCNC1)CC2.Cl.Cl. The molecule has 156 valence electrons. The smallest absolute Gasteiger partial charge is 0.133 e. The van der Waals surface area contributed by atoms with Gasteiger partial charge in [-0.3, -0.25) is 4.90 Å². The van der Waals surface area contributed by atoms with Gasteiger partial charge in [0.15, 0.2) is 0 Å². The van der Waals surface area contributed by atoms with Gasteiger partial charge in [-0.1, -0.05) is 0 Å². The molecule has 2 N–H and O–H groups in total. The van der Waals surface area contributed by atoms with E-state index in [4.69, 9.17) is 14.4 Å². The number of fused-ring (bicyclic) bond motifs is 1. The molecule has 0 saturated carbocycles. The van der Waals surface area contributed by atoms with Crippen molar-refractivity contribution in [3.8, 4) is 0 Å². The Bertz CT molecular complexity index is 720. The second-order valence-electron chi connectivity index (χ2n) is 7.34. The van der Waals surface area contributed by atoms with E-state index in [1.165, 1.54) is 30.6 Å². The molecule has 4 heterocycles. The number of anilines is 1. The topological polar surface area (TPSA) is 66.2 Å². The molecule has 8 heteroatoms. The van der Waals surface area contributed by atoms with Crippen LogP contribution < -0.4 is 10.6 Å². The summed E-state index contributed by atoms with van der Waals surface area (Å²) in [6.45, 7) is 7.30. The summed E-state index contributed by atoms with van der Waals surface area (Å²) in [5, 5.41) is 7.08. The predicted molar refractivity (Wildman–Crippen MR) is 117 cm³/mol. The molecule has 0 bridgehead atoms. The normalized spacial score (nSPS) is 19.7. The first-order chi connectivity index (χ1) is 12.8.